The van der Waals surface area contributed by atoms with E-state index in [1.54, 1.807) is 35.3 Å². The summed E-state index contributed by atoms with van der Waals surface area (Å²) in [5.74, 6) is 0. The predicted octanol–water partition coefficient (Wildman–Crippen LogP) is 3.20. The van der Waals surface area contributed by atoms with Gasteiger partial charge in [-0.15, -0.1) is 0 Å². The van der Waals surface area contributed by atoms with E-state index in [0.717, 1.165) is 17.4 Å². The lowest BCUT2D eigenvalue weighted by molar-refractivity contribution is 0.549. The smallest absolute Gasteiger partial charge is 0.336 e. The van der Waals surface area contributed by atoms with Gasteiger partial charge in [-0.1, -0.05) is 34.1 Å². The van der Waals surface area contributed by atoms with Gasteiger partial charge in [0.25, 0.3) is 5.56 Å². The third-order valence-corrected chi connectivity index (χ3v) is 4.97. The topological polar surface area (TPSA) is 61.8 Å². The number of hydrogen-bond donors (Lipinski definition) is 0. The molecular formula is C20H17BrN4O2. The van der Waals surface area contributed by atoms with Crippen molar-refractivity contribution < 1.29 is 0 Å². The first-order valence-corrected chi connectivity index (χ1v) is 9.41. The van der Waals surface area contributed by atoms with Crippen molar-refractivity contribution in [2.45, 2.75) is 19.5 Å². The summed E-state index contributed by atoms with van der Waals surface area (Å²) in [6.45, 7) is 1.25. The van der Waals surface area contributed by atoms with Crippen LogP contribution >= 0.6 is 15.9 Å². The lowest BCUT2D eigenvalue weighted by Gasteiger charge is -2.14. The van der Waals surface area contributed by atoms with E-state index in [1.165, 1.54) is 4.57 Å². The number of fused-ring (bicyclic) bond motifs is 1. The van der Waals surface area contributed by atoms with Crippen LogP contribution in [0.2, 0.25) is 0 Å². The Kier molecular flexibility index (Phi) is 4.77. The van der Waals surface area contributed by atoms with Gasteiger partial charge in [0, 0.05) is 30.0 Å². The van der Waals surface area contributed by atoms with E-state index in [2.05, 4.69) is 20.9 Å². The quantitative estimate of drug-likeness (QED) is 0.494. The molecule has 2 aromatic heterocycles. The summed E-state index contributed by atoms with van der Waals surface area (Å²) in [6, 6.07) is 14.4. The largest absolute Gasteiger partial charge is 0.337 e. The Morgan fingerprint density at radius 3 is 2.63 bits per heavy atom. The van der Waals surface area contributed by atoms with Crippen molar-refractivity contribution in [1.29, 1.82) is 0 Å². The highest BCUT2D eigenvalue weighted by atomic mass is 79.9. The van der Waals surface area contributed by atoms with Gasteiger partial charge in [0.2, 0.25) is 0 Å². The first-order valence-electron chi connectivity index (χ1n) is 8.61. The van der Waals surface area contributed by atoms with Gasteiger partial charge >= 0.3 is 5.69 Å². The average molecular weight is 425 g/mol. The van der Waals surface area contributed by atoms with Crippen LogP contribution in [-0.4, -0.2) is 18.7 Å². The molecule has 0 bridgehead atoms. The zero-order chi connectivity index (χ0) is 18.8. The molecule has 0 aliphatic carbocycles. The number of halogens is 1. The fourth-order valence-electron chi connectivity index (χ4n) is 3.21. The second-order valence-corrected chi connectivity index (χ2v) is 7.14. The third kappa shape index (κ3) is 3.38. The van der Waals surface area contributed by atoms with Crippen LogP contribution in [0.4, 0.5) is 0 Å². The molecule has 6 nitrogen and oxygen atoms in total. The summed E-state index contributed by atoms with van der Waals surface area (Å²) < 4.78 is 5.70. The number of para-hydroxylation sites is 1. The van der Waals surface area contributed by atoms with Crippen LogP contribution in [0, 0.1) is 0 Å². The summed E-state index contributed by atoms with van der Waals surface area (Å²) in [5, 5.41) is 0.528. The fraction of sp³-hybridized carbons (Fsp3) is 0.150. The summed E-state index contributed by atoms with van der Waals surface area (Å²) in [5.41, 5.74) is 0.569. The van der Waals surface area contributed by atoms with Gasteiger partial charge in [-0.25, -0.2) is 14.3 Å². The summed E-state index contributed by atoms with van der Waals surface area (Å²) >= 11 is 3.41. The van der Waals surface area contributed by atoms with Gasteiger partial charge in [-0.05, 0) is 36.8 Å². The molecule has 0 saturated carbocycles. The van der Waals surface area contributed by atoms with Crippen LogP contribution in [-0.2, 0) is 13.1 Å². The van der Waals surface area contributed by atoms with Crippen LogP contribution in [0.25, 0.3) is 16.6 Å². The number of hydrogen-bond acceptors (Lipinski definition) is 3. The molecule has 2 heterocycles. The van der Waals surface area contributed by atoms with Crippen LogP contribution in [0.3, 0.4) is 0 Å². The minimum atomic E-state index is -0.331. The summed E-state index contributed by atoms with van der Waals surface area (Å²) in [7, 11) is 0. The lowest BCUT2D eigenvalue weighted by atomic mass is 10.2. The number of rotatable bonds is 5. The Labute approximate surface area is 163 Å². The maximum Gasteiger partial charge on any atom is 0.336 e. The second kappa shape index (κ2) is 7.36. The van der Waals surface area contributed by atoms with Crippen molar-refractivity contribution >= 4 is 26.8 Å². The Balaban J connectivity index is 1.84. The highest BCUT2D eigenvalue weighted by Gasteiger charge is 2.14. The molecule has 0 aliphatic heterocycles. The number of imidazole rings is 1. The van der Waals surface area contributed by atoms with Crippen LogP contribution in [0.15, 0.2) is 81.3 Å². The van der Waals surface area contributed by atoms with Crippen LogP contribution < -0.4 is 11.2 Å². The molecule has 0 amide bonds. The number of aromatic nitrogens is 4. The van der Waals surface area contributed by atoms with Crippen molar-refractivity contribution in [1.82, 2.24) is 18.7 Å². The van der Waals surface area contributed by atoms with Crippen molar-refractivity contribution in [3.8, 4) is 5.69 Å². The number of aryl methyl sites for hydroxylation is 2. The molecule has 0 fully saturated rings. The molecule has 4 rings (SSSR count). The zero-order valence-electron chi connectivity index (χ0n) is 14.5. The van der Waals surface area contributed by atoms with Gasteiger partial charge in [0.15, 0.2) is 0 Å². The van der Waals surface area contributed by atoms with Crippen molar-refractivity contribution in [2.24, 2.45) is 0 Å². The standard InChI is InChI=1S/C20H17BrN4O2/c21-15-5-3-6-16(13-15)25-19(26)17-7-1-2-8-18(17)24(20(25)27)11-4-10-23-12-9-22-14-23/h1-3,5-9,12-14H,4,10-11H2. The lowest BCUT2D eigenvalue weighted by Crippen LogP contribution is -2.39. The molecule has 0 atom stereocenters. The van der Waals surface area contributed by atoms with Crippen LogP contribution in [0.1, 0.15) is 6.42 Å². The Bertz CT molecular complexity index is 1210. The maximum absolute atomic E-state index is 13.2. The first kappa shape index (κ1) is 17.5. The Morgan fingerprint density at radius 1 is 1.00 bits per heavy atom. The van der Waals surface area contributed by atoms with E-state index in [4.69, 9.17) is 0 Å². The second-order valence-electron chi connectivity index (χ2n) is 6.23. The van der Waals surface area contributed by atoms with Crippen LogP contribution in [0.5, 0.6) is 0 Å². The molecule has 2 aromatic carbocycles. The monoisotopic (exact) mass is 424 g/mol. The zero-order valence-corrected chi connectivity index (χ0v) is 16.0. The van der Waals surface area contributed by atoms with Gasteiger partial charge < -0.3 is 4.57 Å². The van der Waals surface area contributed by atoms with Gasteiger partial charge in [0.1, 0.15) is 0 Å². The number of nitrogens with zero attached hydrogens (tertiary/aromatic N) is 4. The fourth-order valence-corrected chi connectivity index (χ4v) is 3.60. The van der Waals surface area contributed by atoms with E-state index in [1.807, 2.05) is 41.1 Å². The van der Waals surface area contributed by atoms with E-state index in [9.17, 15) is 9.59 Å². The molecular weight excluding hydrogens is 408 g/mol. The Hall–Kier alpha value is -2.93. The SMILES string of the molecule is O=c1c2ccccc2n(CCCn2ccnc2)c(=O)n1-c1cccc(Br)c1. The molecule has 7 heteroatoms. The van der Waals surface area contributed by atoms with E-state index < -0.39 is 0 Å². The minimum Gasteiger partial charge on any atom is -0.337 e. The van der Waals surface area contributed by atoms with Crippen molar-refractivity contribution in [2.75, 3.05) is 0 Å². The first-order chi connectivity index (χ1) is 13.1. The summed E-state index contributed by atoms with van der Waals surface area (Å²) in [6.07, 6.45) is 6.12. The van der Waals surface area contributed by atoms with Gasteiger partial charge in [-0.3, -0.25) is 9.36 Å². The predicted molar refractivity (Wildman–Crippen MR) is 108 cm³/mol. The normalized spacial score (nSPS) is 11.1. The molecule has 0 aliphatic rings. The highest BCUT2D eigenvalue weighted by molar-refractivity contribution is 9.10. The molecule has 0 N–H and O–H groups in total. The molecule has 136 valence electrons. The third-order valence-electron chi connectivity index (χ3n) is 4.47. The average Bonchev–Trinajstić information content (AvgIpc) is 3.18. The van der Waals surface area contributed by atoms with Gasteiger partial charge in [-0.2, -0.15) is 0 Å². The Morgan fingerprint density at radius 2 is 1.85 bits per heavy atom. The molecule has 0 radical (unpaired) electrons. The van der Waals surface area contributed by atoms with Gasteiger partial charge in [0.05, 0.1) is 22.9 Å². The molecule has 0 unspecified atom stereocenters. The summed E-state index contributed by atoms with van der Waals surface area (Å²) in [4.78, 5) is 30.2. The molecule has 0 spiro atoms. The van der Waals surface area contributed by atoms with E-state index >= 15 is 0 Å². The molecule has 4 aromatic rings. The highest BCUT2D eigenvalue weighted by Crippen LogP contribution is 2.15. The minimum absolute atomic E-state index is 0.306. The maximum atomic E-state index is 13.2. The van der Waals surface area contributed by atoms with E-state index in [0.29, 0.717) is 23.1 Å². The van der Waals surface area contributed by atoms with Crippen molar-refractivity contribution in [3.63, 3.8) is 0 Å². The van der Waals surface area contributed by atoms with Crippen molar-refractivity contribution in [3.05, 3.63) is 92.6 Å². The number of benzene rings is 2. The van der Waals surface area contributed by atoms with E-state index in [-0.39, 0.29) is 11.2 Å². The molecule has 0 saturated heterocycles. The molecule has 27 heavy (non-hydrogen) atoms.